The first-order chi connectivity index (χ1) is 7.65. The van der Waals surface area contributed by atoms with E-state index in [0.717, 1.165) is 3.57 Å². The average molecular weight is 331 g/mol. The van der Waals surface area contributed by atoms with E-state index in [-0.39, 0.29) is 5.56 Å². The van der Waals surface area contributed by atoms with Gasteiger partial charge in [0.05, 0.1) is 21.8 Å². The van der Waals surface area contributed by atoms with Crippen molar-refractivity contribution in [3.8, 4) is 11.8 Å². The van der Waals surface area contributed by atoms with Gasteiger partial charge in [-0.25, -0.2) is 4.79 Å². The van der Waals surface area contributed by atoms with Gasteiger partial charge in [0.2, 0.25) is 0 Å². The Morgan fingerprint density at radius 3 is 2.94 bits per heavy atom. The van der Waals surface area contributed by atoms with E-state index < -0.39 is 5.97 Å². The second-order valence-electron chi connectivity index (χ2n) is 3.06. The summed E-state index contributed by atoms with van der Waals surface area (Å²) < 4.78 is 6.27. The molecule has 1 aromatic rings. The number of halogens is 1. The molecule has 0 atom stereocenters. The Morgan fingerprint density at radius 1 is 1.56 bits per heavy atom. The number of rotatable bonds is 5. The highest BCUT2D eigenvalue weighted by Gasteiger charge is 2.07. The molecule has 5 heteroatoms. The lowest BCUT2D eigenvalue weighted by atomic mass is 10.2. The highest BCUT2D eigenvalue weighted by molar-refractivity contribution is 14.1. The summed E-state index contributed by atoms with van der Waals surface area (Å²) in [5.74, 6) is -0.420. The Kier molecular flexibility index (Phi) is 5.05. The largest absolute Gasteiger partial charge is 0.492 e. The van der Waals surface area contributed by atoms with E-state index in [1.54, 1.807) is 6.07 Å². The van der Waals surface area contributed by atoms with Crippen LogP contribution < -0.4 is 4.74 Å². The van der Waals surface area contributed by atoms with Gasteiger partial charge >= 0.3 is 5.97 Å². The third-order valence-corrected chi connectivity index (χ3v) is 2.76. The molecule has 0 fully saturated rings. The lowest BCUT2D eigenvalue weighted by Crippen LogP contribution is -2.01. The van der Waals surface area contributed by atoms with E-state index in [4.69, 9.17) is 15.1 Å². The van der Waals surface area contributed by atoms with Crippen LogP contribution in [0.4, 0.5) is 0 Å². The Bertz CT molecular complexity index is 426. The smallest absolute Gasteiger partial charge is 0.335 e. The van der Waals surface area contributed by atoms with Gasteiger partial charge in [-0.1, -0.05) is 0 Å². The molecule has 0 aliphatic heterocycles. The summed E-state index contributed by atoms with van der Waals surface area (Å²) in [6.07, 6.45) is 1.08. The van der Waals surface area contributed by atoms with Crippen molar-refractivity contribution in [1.29, 1.82) is 5.26 Å². The Morgan fingerprint density at radius 2 is 2.31 bits per heavy atom. The molecule has 0 aromatic heterocycles. The van der Waals surface area contributed by atoms with Crippen molar-refractivity contribution in [2.75, 3.05) is 6.61 Å². The predicted molar refractivity (Wildman–Crippen MR) is 66.5 cm³/mol. The summed E-state index contributed by atoms with van der Waals surface area (Å²) in [7, 11) is 0. The van der Waals surface area contributed by atoms with Gasteiger partial charge in [0.15, 0.2) is 0 Å². The molecule has 0 saturated heterocycles. The molecule has 0 aliphatic rings. The van der Waals surface area contributed by atoms with Crippen molar-refractivity contribution in [3.63, 3.8) is 0 Å². The molecule has 4 nitrogen and oxygen atoms in total. The van der Waals surface area contributed by atoms with Crippen molar-refractivity contribution in [2.45, 2.75) is 12.8 Å². The number of carboxylic acid groups (broad SMARTS) is 1. The van der Waals surface area contributed by atoms with E-state index >= 15 is 0 Å². The summed E-state index contributed by atoms with van der Waals surface area (Å²) >= 11 is 2.08. The zero-order chi connectivity index (χ0) is 12.0. The van der Waals surface area contributed by atoms with Crippen LogP contribution in [0.25, 0.3) is 0 Å². The van der Waals surface area contributed by atoms with Crippen LogP contribution in [-0.4, -0.2) is 17.7 Å². The predicted octanol–water partition coefficient (Wildman–Crippen LogP) is 2.67. The summed E-state index contributed by atoms with van der Waals surface area (Å²) in [5.41, 5.74) is 0.204. The standard InChI is InChI=1S/C11H10INO3/c12-9-4-3-8(11(14)15)7-10(9)16-6-2-1-5-13/h3-4,7H,1-2,6H2,(H,14,15). The molecule has 0 spiro atoms. The SMILES string of the molecule is N#CCCCOc1cc(C(=O)O)ccc1I. The summed E-state index contributed by atoms with van der Waals surface area (Å²) in [6, 6.07) is 6.75. The van der Waals surface area contributed by atoms with Gasteiger partial charge in [0, 0.05) is 6.42 Å². The Hall–Kier alpha value is -1.29. The number of ether oxygens (including phenoxy) is 1. The Labute approximate surface area is 107 Å². The number of carboxylic acids is 1. The first-order valence-electron chi connectivity index (χ1n) is 4.67. The molecule has 0 bridgehead atoms. The third-order valence-electron chi connectivity index (χ3n) is 1.87. The van der Waals surface area contributed by atoms with E-state index in [2.05, 4.69) is 22.6 Å². The summed E-state index contributed by atoms with van der Waals surface area (Å²) in [6.45, 7) is 0.423. The maximum atomic E-state index is 10.7. The number of carbonyl (C=O) groups is 1. The van der Waals surface area contributed by atoms with Gasteiger partial charge in [-0.15, -0.1) is 0 Å². The van der Waals surface area contributed by atoms with E-state index in [1.807, 2.05) is 6.07 Å². The maximum absolute atomic E-state index is 10.7. The van der Waals surface area contributed by atoms with Gasteiger partial charge < -0.3 is 9.84 Å². The average Bonchev–Trinajstić information content (AvgIpc) is 2.26. The first-order valence-corrected chi connectivity index (χ1v) is 5.75. The topological polar surface area (TPSA) is 70.3 Å². The van der Waals surface area contributed by atoms with Crippen molar-refractivity contribution in [3.05, 3.63) is 27.3 Å². The Balaban J connectivity index is 2.67. The van der Waals surface area contributed by atoms with Crippen LogP contribution >= 0.6 is 22.6 Å². The van der Waals surface area contributed by atoms with Gasteiger partial charge in [0.25, 0.3) is 0 Å². The fraction of sp³-hybridized carbons (Fsp3) is 0.273. The molecule has 16 heavy (non-hydrogen) atoms. The number of unbranched alkanes of at least 4 members (excludes halogenated alkanes) is 1. The van der Waals surface area contributed by atoms with Gasteiger partial charge in [-0.2, -0.15) is 5.26 Å². The summed E-state index contributed by atoms with van der Waals surface area (Å²) in [4.78, 5) is 10.7. The molecule has 0 unspecified atom stereocenters. The van der Waals surface area contributed by atoms with Crippen LogP contribution in [0.1, 0.15) is 23.2 Å². The molecule has 0 amide bonds. The zero-order valence-electron chi connectivity index (χ0n) is 8.44. The quantitative estimate of drug-likeness (QED) is 0.665. The van der Waals surface area contributed by atoms with Crippen molar-refractivity contribution >= 4 is 28.6 Å². The van der Waals surface area contributed by atoms with E-state index in [9.17, 15) is 4.79 Å². The minimum absolute atomic E-state index is 0.204. The molecule has 1 aromatic carbocycles. The van der Waals surface area contributed by atoms with Crippen molar-refractivity contribution in [2.24, 2.45) is 0 Å². The van der Waals surface area contributed by atoms with Crippen LogP contribution in [0.15, 0.2) is 18.2 Å². The second kappa shape index (κ2) is 6.33. The minimum atomic E-state index is -0.974. The monoisotopic (exact) mass is 331 g/mol. The van der Waals surface area contributed by atoms with Crippen LogP contribution in [0.2, 0.25) is 0 Å². The van der Waals surface area contributed by atoms with E-state index in [1.165, 1.54) is 12.1 Å². The molecule has 0 radical (unpaired) electrons. The van der Waals surface area contributed by atoms with Gasteiger partial charge in [0.1, 0.15) is 5.75 Å². The van der Waals surface area contributed by atoms with Crippen LogP contribution in [-0.2, 0) is 0 Å². The molecule has 0 heterocycles. The summed E-state index contributed by atoms with van der Waals surface area (Å²) in [5, 5.41) is 17.2. The molecule has 1 N–H and O–H groups in total. The van der Waals surface area contributed by atoms with Gasteiger partial charge in [-0.05, 0) is 47.2 Å². The molecule has 84 valence electrons. The van der Waals surface area contributed by atoms with Crippen LogP contribution in [0, 0.1) is 14.9 Å². The fourth-order valence-electron chi connectivity index (χ4n) is 1.08. The number of nitrogens with zero attached hydrogens (tertiary/aromatic N) is 1. The second-order valence-corrected chi connectivity index (χ2v) is 4.22. The van der Waals surface area contributed by atoms with Crippen LogP contribution in [0.3, 0.4) is 0 Å². The number of aromatic carboxylic acids is 1. The normalized spacial score (nSPS) is 9.50. The lowest BCUT2D eigenvalue weighted by molar-refractivity contribution is 0.0696. The zero-order valence-corrected chi connectivity index (χ0v) is 10.6. The number of hydrogen-bond acceptors (Lipinski definition) is 3. The minimum Gasteiger partial charge on any atom is -0.492 e. The lowest BCUT2D eigenvalue weighted by Gasteiger charge is -2.07. The first kappa shape index (κ1) is 12.8. The highest BCUT2D eigenvalue weighted by Crippen LogP contribution is 2.22. The molecule has 0 aliphatic carbocycles. The number of benzene rings is 1. The van der Waals surface area contributed by atoms with E-state index in [0.29, 0.717) is 25.2 Å². The molecular weight excluding hydrogens is 321 g/mol. The number of hydrogen-bond donors (Lipinski definition) is 1. The molecule has 0 saturated carbocycles. The highest BCUT2D eigenvalue weighted by atomic mass is 127. The van der Waals surface area contributed by atoms with Crippen molar-refractivity contribution < 1.29 is 14.6 Å². The van der Waals surface area contributed by atoms with Crippen LogP contribution in [0.5, 0.6) is 5.75 Å². The number of nitriles is 1. The molecular formula is C11H10INO3. The van der Waals surface area contributed by atoms with Gasteiger partial charge in [-0.3, -0.25) is 0 Å². The third kappa shape index (κ3) is 3.70. The fourth-order valence-corrected chi connectivity index (χ4v) is 1.57. The van der Waals surface area contributed by atoms with Crippen molar-refractivity contribution in [1.82, 2.24) is 0 Å². The maximum Gasteiger partial charge on any atom is 0.335 e. The molecule has 1 rings (SSSR count).